The normalized spacial score (nSPS) is 11.5. The largest absolute Gasteiger partial charge is 0.322 e. The van der Waals surface area contributed by atoms with Crippen LogP contribution in [0.3, 0.4) is 0 Å². The van der Waals surface area contributed by atoms with Gasteiger partial charge in [-0.1, -0.05) is 18.2 Å². The van der Waals surface area contributed by atoms with E-state index in [1.807, 2.05) is 41.0 Å². The van der Waals surface area contributed by atoms with Crippen molar-refractivity contribution in [2.45, 2.75) is 11.8 Å². The molecule has 0 radical (unpaired) electrons. The van der Waals surface area contributed by atoms with Gasteiger partial charge in [0.05, 0.1) is 15.9 Å². The van der Waals surface area contributed by atoms with E-state index in [4.69, 9.17) is 0 Å². The van der Waals surface area contributed by atoms with Crippen LogP contribution in [0.15, 0.2) is 78.0 Å². The summed E-state index contributed by atoms with van der Waals surface area (Å²) >= 11 is 0. The molecule has 1 aromatic heterocycles. The minimum absolute atomic E-state index is 0.0445. The number of anilines is 1. The first-order valence-electron chi connectivity index (χ1n) is 9.27. The van der Waals surface area contributed by atoms with Gasteiger partial charge in [-0.3, -0.25) is 9.36 Å². The topological polar surface area (TPSA) is 93.1 Å². The maximum atomic E-state index is 12.7. The van der Waals surface area contributed by atoms with E-state index in [-0.39, 0.29) is 10.8 Å². The average Bonchev–Trinajstić information content (AvgIpc) is 3.18. The van der Waals surface area contributed by atoms with Crippen molar-refractivity contribution >= 4 is 32.7 Å². The molecule has 0 aliphatic heterocycles. The molecule has 4 rings (SSSR count). The van der Waals surface area contributed by atoms with Crippen LogP contribution < -0.4 is 10.0 Å². The number of nitrogens with one attached hydrogen (secondary N) is 2. The number of benzene rings is 3. The fraction of sp³-hybridized carbons (Fsp3) is 0.0909. The average molecular weight is 420 g/mol. The lowest BCUT2D eigenvalue weighted by Crippen LogP contribution is -2.20. The smallest absolute Gasteiger partial charge is 0.255 e. The predicted octanol–water partition coefficient (Wildman–Crippen LogP) is 3.49. The summed E-state index contributed by atoms with van der Waals surface area (Å²) in [5.41, 5.74) is 4.41. The monoisotopic (exact) mass is 420 g/mol. The van der Waals surface area contributed by atoms with Gasteiger partial charge in [0.25, 0.3) is 5.91 Å². The van der Waals surface area contributed by atoms with Crippen LogP contribution in [-0.2, 0) is 10.0 Å². The Morgan fingerprint density at radius 3 is 2.47 bits per heavy atom. The molecule has 0 spiro atoms. The van der Waals surface area contributed by atoms with Gasteiger partial charge in [-0.25, -0.2) is 18.1 Å². The molecule has 0 aliphatic carbocycles. The van der Waals surface area contributed by atoms with Gasteiger partial charge in [0.2, 0.25) is 10.0 Å². The number of para-hydroxylation sites is 2. The highest BCUT2D eigenvalue weighted by molar-refractivity contribution is 7.89. The number of carbonyl (C=O) groups excluding carboxylic acids is 1. The van der Waals surface area contributed by atoms with Crippen LogP contribution >= 0.6 is 0 Å². The Balaban J connectivity index is 1.58. The van der Waals surface area contributed by atoms with Gasteiger partial charge < -0.3 is 5.32 Å². The summed E-state index contributed by atoms with van der Waals surface area (Å²) < 4.78 is 28.3. The molecule has 30 heavy (non-hydrogen) atoms. The van der Waals surface area contributed by atoms with Gasteiger partial charge in [0.1, 0.15) is 6.33 Å². The number of amides is 1. The van der Waals surface area contributed by atoms with Crippen molar-refractivity contribution in [2.24, 2.45) is 0 Å². The number of aromatic nitrogens is 2. The molecule has 152 valence electrons. The van der Waals surface area contributed by atoms with E-state index in [0.717, 1.165) is 16.7 Å². The Bertz CT molecular complexity index is 1340. The molecule has 0 saturated heterocycles. The molecule has 0 aliphatic rings. The standard InChI is InChI=1S/C22H20N4O3S/c1-15-7-12-18(30(28,29)23-2)13-19(15)22(27)25-16-8-10-17(11-9-16)26-14-24-20-5-3-4-6-21(20)26/h3-14,23H,1-2H3,(H,25,27). The highest BCUT2D eigenvalue weighted by Crippen LogP contribution is 2.21. The number of rotatable bonds is 5. The first kappa shape index (κ1) is 19.8. The van der Waals surface area contributed by atoms with E-state index in [2.05, 4.69) is 15.0 Å². The van der Waals surface area contributed by atoms with Gasteiger partial charge in [-0.2, -0.15) is 0 Å². The Morgan fingerprint density at radius 1 is 1.00 bits per heavy atom. The first-order valence-corrected chi connectivity index (χ1v) is 10.8. The van der Waals surface area contributed by atoms with Crippen LogP contribution in [0.4, 0.5) is 5.69 Å². The third-order valence-corrected chi connectivity index (χ3v) is 6.30. The Hall–Kier alpha value is -3.49. The Kier molecular flexibility index (Phi) is 5.11. The molecule has 2 N–H and O–H groups in total. The maximum Gasteiger partial charge on any atom is 0.255 e. The summed E-state index contributed by atoms with van der Waals surface area (Å²) in [4.78, 5) is 17.2. The molecule has 4 aromatic rings. The van der Waals surface area contributed by atoms with Gasteiger partial charge >= 0.3 is 0 Å². The fourth-order valence-corrected chi connectivity index (χ4v) is 3.96. The quantitative estimate of drug-likeness (QED) is 0.517. The molecule has 8 heteroatoms. The van der Waals surface area contributed by atoms with Crippen LogP contribution in [0.1, 0.15) is 15.9 Å². The zero-order valence-corrected chi connectivity index (χ0v) is 17.3. The molecule has 1 heterocycles. The number of nitrogens with zero attached hydrogens (tertiary/aromatic N) is 2. The van der Waals surface area contributed by atoms with Gasteiger partial charge in [-0.15, -0.1) is 0 Å². The molecule has 0 saturated carbocycles. The lowest BCUT2D eigenvalue weighted by molar-refractivity contribution is 0.102. The van der Waals surface area contributed by atoms with Crippen LogP contribution in [0.2, 0.25) is 0 Å². The SMILES string of the molecule is CNS(=O)(=O)c1ccc(C)c(C(=O)Nc2ccc(-n3cnc4ccccc43)cc2)c1. The zero-order chi connectivity index (χ0) is 21.3. The minimum atomic E-state index is -3.63. The number of aryl methyl sites for hydroxylation is 1. The van der Waals surface area contributed by atoms with E-state index >= 15 is 0 Å². The van der Waals surface area contributed by atoms with Crippen molar-refractivity contribution in [3.63, 3.8) is 0 Å². The molecule has 0 bridgehead atoms. The predicted molar refractivity (Wildman–Crippen MR) is 116 cm³/mol. The van der Waals surface area contributed by atoms with E-state index in [9.17, 15) is 13.2 Å². The van der Waals surface area contributed by atoms with Crippen molar-refractivity contribution in [2.75, 3.05) is 12.4 Å². The van der Waals surface area contributed by atoms with E-state index in [0.29, 0.717) is 16.8 Å². The zero-order valence-electron chi connectivity index (χ0n) is 16.5. The summed E-state index contributed by atoms with van der Waals surface area (Å²) in [6.45, 7) is 1.76. The molecule has 0 unspecified atom stereocenters. The van der Waals surface area contributed by atoms with Crippen LogP contribution in [-0.4, -0.2) is 30.9 Å². The van der Waals surface area contributed by atoms with Crippen molar-refractivity contribution in [1.82, 2.24) is 14.3 Å². The lowest BCUT2D eigenvalue weighted by Gasteiger charge is -2.11. The molecular weight excluding hydrogens is 400 g/mol. The highest BCUT2D eigenvalue weighted by Gasteiger charge is 2.17. The summed E-state index contributed by atoms with van der Waals surface area (Å²) in [6.07, 6.45) is 1.76. The number of sulfonamides is 1. The Labute approximate surface area is 174 Å². The summed E-state index contributed by atoms with van der Waals surface area (Å²) in [5.74, 6) is -0.374. The van der Waals surface area contributed by atoms with Crippen LogP contribution in [0, 0.1) is 6.92 Å². The second-order valence-electron chi connectivity index (χ2n) is 6.79. The van der Waals surface area contributed by atoms with E-state index in [1.165, 1.54) is 19.2 Å². The van der Waals surface area contributed by atoms with Crippen LogP contribution in [0.5, 0.6) is 0 Å². The number of hydrogen-bond donors (Lipinski definition) is 2. The minimum Gasteiger partial charge on any atom is -0.322 e. The number of carbonyl (C=O) groups is 1. The summed E-state index contributed by atoms with van der Waals surface area (Å²) in [7, 11) is -2.30. The molecular formula is C22H20N4O3S. The lowest BCUT2D eigenvalue weighted by atomic mass is 10.1. The third kappa shape index (κ3) is 3.70. The summed E-state index contributed by atoms with van der Waals surface area (Å²) in [5, 5.41) is 2.83. The molecule has 7 nitrogen and oxygen atoms in total. The number of imidazole rings is 1. The number of hydrogen-bond acceptors (Lipinski definition) is 4. The second kappa shape index (κ2) is 7.74. The molecule has 0 fully saturated rings. The Morgan fingerprint density at radius 2 is 1.73 bits per heavy atom. The fourth-order valence-electron chi connectivity index (χ4n) is 3.20. The molecule has 3 aromatic carbocycles. The number of fused-ring (bicyclic) bond motifs is 1. The maximum absolute atomic E-state index is 12.7. The third-order valence-electron chi connectivity index (χ3n) is 4.89. The van der Waals surface area contributed by atoms with Crippen molar-refractivity contribution in [3.05, 3.63) is 84.2 Å². The first-order chi connectivity index (χ1) is 14.4. The van der Waals surface area contributed by atoms with Gasteiger partial charge in [0.15, 0.2) is 0 Å². The molecule has 1 amide bonds. The van der Waals surface area contributed by atoms with Crippen molar-refractivity contribution in [1.29, 1.82) is 0 Å². The van der Waals surface area contributed by atoms with E-state index in [1.54, 1.807) is 31.5 Å². The highest BCUT2D eigenvalue weighted by atomic mass is 32.2. The van der Waals surface area contributed by atoms with Gasteiger partial charge in [-0.05, 0) is 68.1 Å². The van der Waals surface area contributed by atoms with Crippen molar-refractivity contribution in [3.8, 4) is 5.69 Å². The summed E-state index contributed by atoms with van der Waals surface area (Å²) in [6, 6.07) is 19.7. The van der Waals surface area contributed by atoms with Gasteiger partial charge in [0, 0.05) is 16.9 Å². The van der Waals surface area contributed by atoms with Crippen molar-refractivity contribution < 1.29 is 13.2 Å². The van der Waals surface area contributed by atoms with E-state index < -0.39 is 10.0 Å². The molecule has 0 atom stereocenters. The second-order valence-corrected chi connectivity index (χ2v) is 8.68. The van der Waals surface area contributed by atoms with Crippen LogP contribution in [0.25, 0.3) is 16.7 Å².